The van der Waals surface area contributed by atoms with Crippen LogP contribution in [0.25, 0.3) is 0 Å². The molecule has 2 aromatic rings. The lowest BCUT2D eigenvalue weighted by Gasteiger charge is -2.09. The summed E-state index contributed by atoms with van der Waals surface area (Å²) in [5, 5.41) is 8.84. The highest BCUT2D eigenvalue weighted by molar-refractivity contribution is 9.10. The Morgan fingerprint density at radius 1 is 1.30 bits per heavy atom. The maximum atomic E-state index is 13.8. The van der Waals surface area contributed by atoms with E-state index in [9.17, 15) is 18.4 Å². The largest absolute Gasteiger partial charge is 0.477 e. The maximum Gasteiger partial charge on any atom is 0.341 e. The molecule has 0 spiro atoms. The van der Waals surface area contributed by atoms with Crippen molar-refractivity contribution >= 4 is 21.9 Å². The molecule has 104 valence electrons. The molecule has 1 N–H and O–H groups in total. The molecule has 0 aliphatic rings. The zero-order chi connectivity index (χ0) is 14.9. The number of carbonyl (C=O) groups is 1. The van der Waals surface area contributed by atoms with Crippen molar-refractivity contribution in [3.05, 3.63) is 68.1 Å². The Balaban J connectivity index is 2.52. The van der Waals surface area contributed by atoms with Crippen LogP contribution in [0.5, 0.6) is 0 Å². The summed E-state index contributed by atoms with van der Waals surface area (Å²) in [5.41, 5.74) is -1.59. The molecule has 0 saturated heterocycles. The number of aromatic nitrogens is 1. The fraction of sp³-hybridized carbons (Fsp3) is 0.0769. The zero-order valence-corrected chi connectivity index (χ0v) is 11.5. The highest BCUT2D eigenvalue weighted by Crippen LogP contribution is 2.22. The van der Waals surface area contributed by atoms with Gasteiger partial charge in [0.05, 0.1) is 11.0 Å². The second kappa shape index (κ2) is 5.54. The van der Waals surface area contributed by atoms with Crippen LogP contribution in [-0.4, -0.2) is 15.6 Å². The fourth-order valence-corrected chi connectivity index (χ4v) is 2.08. The van der Waals surface area contributed by atoms with Crippen LogP contribution in [0.2, 0.25) is 0 Å². The van der Waals surface area contributed by atoms with Gasteiger partial charge in [0.25, 0.3) is 5.56 Å². The minimum absolute atomic E-state index is 0.0661. The van der Waals surface area contributed by atoms with E-state index in [1.807, 2.05) is 0 Å². The predicted octanol–water partition coefficient (Wildman–Crippen LogP) is 2.64. The summed E-state index contributed by atoms with van der Waals surface area (Å²) in [7, 11) is 0. The predicted molar refractivity (Wildman–Crippen MR) is 70.8 cm³/mol. The Kier molecular flexibility index (Phi) is 3.99. The first kappa shape index (κ1) is 14.4. The van der Waals surface area contributed by atoms with Crippen molar-refractivity contribution < 1.29 is 18.7 Å². The number of hydrogen-bond acceptors (Lipinski definition) is 2. The van der Waals surface area contributed by atoms with Gasteiger partial charge < -0.3 is 9.67 Å². The molecule has 4 nitrogen and oxygen atoms in total. The molecule has 0 saturated carbocycles. The summed E-state index contributed by atoms with van der Waals surface area (Å²) in [5.74, 6) is -3.02. The molecule has 0 aliphatic heterocycles. The number of carboxylic acids is 1. The topological polar surface area (TPSA) is 59.3 Å². The molecule has 1 heterocycles. The molecule has 20 heavy (non-hydrogen) atoms. The molecule has 0 amide bonds. The Labute approximate surface area is 120 Å². The monoisotopic (exact) mass is 343 g/mol. The van der Waals surface area contributed by atoms with Crippen molar-refractivity contribution in [2.45, 2.75) is 6.54 Å². The number of pyridine rings is 1. The summed E-state index contributed by atoms with van der Waals surface area (Å²) >= 11 is 2.93. The standard InChI is InChI=1S/C13H8BrF2NO3/c14-9-3-4-10(15)8(11(9)16)6-17-5-1-2-7(12(17)18)13(19)20/h1-5H,6H2,(H,19,20). The molecule has 0 radical (unpaired) electrons. The Bertz CT molecular complexity index is 743. The number of benzene rings is 1. The normalized spacial score (nSPS) is 10.6. The van der Waals surface area contributed by atoms with Crippen molar-refractivity contribution in [1.82, 2.24) is 4.57 Å². The van der Waals surface area contributed by atoms with Gasteiger partial charge in [0, 0.05) is 11.8 Å². The first-order valence-corrected chi connectivity index (χ1v) is 6.26. The van der Waals surface area contributed by atoms with Crippen LogP contribution in [0.3, 0.4) is 0 Å². The molecule has 0 atom stereocenters. The quantitative estimate of drug-likeness (QED) is 0.871. The van der Waals surface area contributed by atoms with Crippen LogP contribution in [0.4, 0.5) is 8.78 Å². The minimum atomic E-state index is -1.39. The van der Waals surface area contributed by atoms with Gasteiger partial charge in [-0.25, -0.2) is 13.6 Å². The van der Waals surface area contributed by atoms with Gasteiger partial charge in [-0.15, -0.1) is 0 Å². The van der Waals surface area contributed by atoms with E-state index in [1.54, 1.807) is 0 Å². The lowest BCUT2D eigenvalue weighted by molar-refractivity contribution is 0.0694. The Hall–Kier alpha value is -2.02. The maximum absolute atomic E-state index is 13.8. The van der Waals surface area contributed by atoms with Gasteiger partial charge in [0.1, 0.15) is 17.2 Å². The van der Waals surface area contributed by atoms with Crippen LogP contribution in [0, 0.1) is 11.6 Å². The SMILES string of the molecule is O=C(O)c1cccn(Cc2c(F)ccc(Br)c2F)c1=O. The van der Waals surface area contributed by atoms with Crippen molar-refractivity contribution in [3.63, 3.8) is 0 Å². The lowest BCUT2D eigenvalue weighted by Crippen LogP contribution is -2.26. The van der Waals surface area contributed by atoms with Crippen molar-refractivity contribution in [1.29, 1.82) is 0 Å². The Morgan fingerprint density at radius 2 is 2.00 bits per heavy atom. The molecular formula is C13H8BrF2NO3. The summed E-state index contributed by atoms with van der Waals surface area (Å²) in [6.07, 6.45) is 1.27. The molecule has 2 rings (SSSR count). The fourth-order valence-electron chi connectivity index (χ4n) is 1.71. The highest BCUT2D eigenvalue weighted by atomic mass is 79.9. The Morgan fingerprint density at radius 3 is 2.65 bits per heavy atom. The third-order valence-electron chi connectivity index (χ3n) is 2.72. The van der Waals surface area contributed by atoms with Crippen LogP contribution in [0.1, 0.15) is 15.9 Å². The first-order valence-electron chi connectivity index (χ1n) is 5.47. The molecule has 1 aromatic heterocycles. The zero-order valence-electron chi connectivity index (χ0n) is 9.94. The second-order valence-corrected chi connectivity index (χ2v) is 4.84. The van der Waals surface area contributed by atoms with Crippen molar-refractivity contribution in [3.8, 4) is 0 Å². The van der Waals surface area contributed by atoms with Crippen LogP contribution < -0.4 is 5.56 Å². The van der Waals surface area contributed by atoms with Gasteiger partial charge in [-0.3, -0.25) is 4.79 Å². The number of carboxylic acid groups (broad SMARTS) is 1. The molecule has 0 bridgehead atoms. The van der Waals surface area contributed by atoms with E-state index in [1.165, 1.54) is 18.3 Å². The van der Waals surface area contributed by atoms with E-state index >= 15 is 0 Å². The van der Waals surface area contributed by atoms with Gasteiger partial charge in [-0.1, -0.05) is 0 Å². The third kappa shape index (κ3) is 2.62. The summed E-state index contributed by atoms with van der Waals surface area (Å²) < 4.78 is 28.4. The van der Waals surface area contributed by atoms with E-state index in [4.69, 9.17) is 5.11 Å². The second-order valence-electron chi connectivity index (χ2n) is 3.98. The average molecular weight is 344 g/mol. The molecule has 0 unspecified atom stereocenters. The van der Waals surface area contributed by atoms with Gasteiger partial charge in [-0.2, -0.15) is 0 Å². The van der Waals surface area contributed by atoms with E-state index in [-0.39, 0.29) is 10.0 Å². The van der Waals surface area contributed by atoms with E-state index in [0.717, 1.165) is 16.7 Å². The van der Waals surface area contributed by atoms with Gasteiger partial charge in [-0.05, 0) is 40.2 Å². The van der Waals surface area contributed by atoms with Crippen LogP contribution in [-0.2, 0) is 6.54 Å². The third-order valence-corrected chi connectivity index (χ3v) is 3.33. The molecule has 1 aromatic carbocycles. The van der Waals surface area contributed by atoms with E-state index in [2.05, 4.69) is 15.9 Å². The number of halogens is 3. The smallest absolute Gasteiger partial charge is 0.341 e. The molecule has 7 heteroatoms. The van der Waals surface area contributed by atoms with Gasteiger partial charge >= 0.3 is 5.97 Å². The lowest BCUT2D eigenvalue weighted by atomic mass is 10.2. The van der Waals surface area contributed by atoms with E-state index in [0.29, 0.717) is 0 Å². The summed E-state index contributed by atoms with van der Waals surface area (Å²) in [6.45, 7) is -0.392. The highest BCUT2D eigenvalue weighted by Gasteiger charge is 2.15. The van der Waals surface area contributed by atoms with E-state index < -0.39 is 35.3 Å². The van der Waals surface area contributed by atoms with Crippen molar-refractivity contribution in [2.24, 2.45) is 0 Å². The number of aromatic carboxylic acids is 1. The molecule has 0 aliphatic carbocycles. The summed E-state index contributed by atoms with van der Waals surface area (Å²) in [6, 6.07) is 4.74. The van der Waals surface area contributed by atoms with Crippen LogP contribution >= 0.6 is 15.9 Å². The minimum Gasteiger partial charge on any atom is -0.477 e. The average Bonchev–Trinajstić information content (AvgIpc) is 2.40. The van der Waals surface area contributed by atoms with Gasteiger partial charge in [0.15, 0.2) is 0 Å². The first-order chi connectivity index (χ1) is 9.41. The van der Waals surface area contributed by atoms with Crippen molar-refractivity contribution in [2.75, 3.05) is 0 Å². The molecular weight excluding hydrogens is 336 g/mol. The number of hydrogen-bond donors (Lipinski definition) is 1. The van der Waals surface area contributed by atoms with Crippen LogP contribution in [0.15, 0.2) is 39.7 Å². The van der Waals surface area contributed by atoms with Gasteiger partial charge in [0.2, 0.25) is 0 Å². The number of nitrogens with zero attached hydrogens (tertiary/aromatic N) is 1. The summed E-state index contributed by atoms with van der Waals surface area (Å²) in [4.78, 5) is 22.7. The number of rotatable bonds is 3. The molecule has 0 fully saturated rings.